The molecule has 1 atom stereocenters. The van der Waals surface area contributed by atoms with E-state index in [0.717, 1.165) is 12.8 Å². The maximum Gasteiger partial charge on any atom is 0.337 e. The highest BCUT2D eigenvalue weighted by atomic mass is 16.5. The van der Waals surface area contributed by atoms with E-state index in [4.69, 9.17) is 0 Å². The number of hydrogen-bond acceptors (Lipinski definition) is 3. The van der Waals surface area contributed by atoms with Gasteiger partial charge in [0.15, 0.2) is 0 Å². The molecule has 2 aromatic carbocycles. The first-order valence-electron chi connectivity index (χ1n) is 7.26. The van der Waals surface area contributed by atoms with Crippen LogP contribution >= 0.6 is 0 Å². The average Bonchev–Trinajstić information content (AvgIpc) is 2.97. The molecule has 1 N–H and O–H groups in total. The van der Waals surface area contributed by atoms with Crippen molar-refractivity contribution in [3.63, 3.8) is 0 Å². The first-order chi connectivity index (χ1) is 10.7. The van der Waals surface area contributed by atoms with Crippen molar-refractivity contribution in [2.24, 2.45) is 0 Å². The second-order valence-electron chi connectivity index (χ2n) is 5.33. The molecule has 4 nitrogen and oxygen atoms in total. The molecule has 4 heteroatoms. The number of esters is 1. The van der Waals surface area contributed by atoms with Crippen molar-refractivity contribution < 1.29 is 14.3 Å². The number of carbonyl (C=O) groups excluding carboxylic acids is 2. The van der Waals surface area contributed by atoms with Gasteiger partial charge in [-0.15, -0.1) is 0 Å². The number of benzene rings is 2. The number of nitrogens with one attached hydrogen (secondary N) is 1. The summed E-state index contributed by atoms with van der Waals surface area (Å²) in [5, 5.41) is 3.06. The molecule has 0 fully saturated rings. The molecule has 0 saturated heterocycles. The van der Waals surface area contributed by atoms with Gasteiger partial charge >= 0.3 is 5.97 Å². The number of aryl methyl sites for hydroxylation is 1. The maximum absolute atomic E-state index is 12.3. The molecule has 0 bridgehead atoms. The van der Waals surface area contributed by atoms with Gasteiger partial charge in [-0.25, -0.2) is 4.79 Å². The fraction of sp³-hybridized carbons (Fsp3) is 0.222. The standard InChI is InChI=1S/C18H17NO3/c1-22-18(21)14-8-6-13(7-9-14)17(20)19-16-11-10-12-4-2-3-5-15(12)16/h2-9,16H,10-11H2,1H3,(H,19,20)/t16-/m1/s1. The van der Waals surface area contributed by atoms with E-state index in [0.29, 0.717) is 11.1 Å². The number of methoxy groups -OCH3 is 1. The van der Waals surface area contributed by atoms with Gasteiger partial charge in [0.05, 0.1) is 18.7 Å². The quantitative estimate of drug-likeness (QED) is 0.886. The summed E-state index contributed by atoms with van der Waals surface area (Å²) in [5.74, 6) is -0.533. The predicted octanol–water partition coefficient (Wildman–Crippen LogP) is 2.89. The fourth-order valence-electron chi connectivity index (χ4n) is 2.82. The van der Waals surface area contributed by atoms with Crippen LogP contribution in [0.3, 0.4) is 0 Å². The Hall–Kier alpha value is -2.62. The summed E-state index contributed by atoms with van der Waals surface area (Å²) in [4.78, 5) is 23.7. The number of ether oxygens (including phenoxy) is 1. The number of fused-ring (bicyclic) bond motifs is 1. The molecule has 0 radical (unpaired) electrons. The van der Waals surface area contributed by atoms with Crippen LogP contribution in [0.25, 0.3) is 0 Å². The number of hydrogen-bond donors (Lipinski definition) is 1. The Labute approximate surface area is 129 Å². The molecule has 0 spiro atoms. The molecule has 0 unspecified atom stereocenters. The molecule has 2 aromatic rings. The summed E-state index contributed by atoms with van der Waals surface area (Å²) in [6, 6.07) is 14.7. The SMILES string of the molecule is COC(=O)c1ccc(C(=O)N[C@@H]2CCc3ccccc32)cc1. The Balaban J connectivity index is 1.72. The maximum atomic E-state index is 12.3. The molecular weight excluding hydrogens is 278 g/mol. The molecular formula is C18H17NO3. The van der Waals surface area contributed by atoms with Crippen LogP contribution in [0, 0.1) is 0 Å². The fourth-order valence-corrected chi connectivity index (χ4v) is 2.82. The number of carbonyl (C=O) groups is 2. The van der Waals surface area contributed by atoms with Gasteiger partial charge in [0, 0.05) is 5.56 Å². The van der Waals surface area contributed by atoms with Gasteiger partial charge in [-0.2, -0.15) is 0 Å². The molecule has 0 heterocycles. The van der Waals surface area contributed by atoms with Crippen LogP contribution in [0.15, 0.2) is 48.5 Å². The zero-order valence-corrected chi connectivity index (χ0v) is 12.3. The van der Waals surface area contributed by atoms with Crippen molar-refractivity contribution in [3.05, 3.63) is 70.8 Å². The van der Waals surface area contributed by atoms with Crippen LogP contribution in [0.2, 0.25) is 0 Å². The molecule has 0 saturated carbocycles. The topological polar surface area (TPSA) is 55.4 Å². The second kappa shape index (κ2) is 6.02. The molecule has 1 aliphatic carbocycles. The molecule has 22 heavy (non-hydrogen) atoms. The molecule has 1 amide bonds. The number of amides is 1. The van der Waals surface area contributed by atoms with Gasteiger partial charge in [-0.1, -0.05) is 24.3 Å². The lowest BCUT2D eigenvalue weighted by Gasteiger charge is -2.14. The van der Waals surface area contributed by atoms with Crippen LogP contribution in [-0.2, 0) is 11.2 Å². The van der Waals surface area contributed by atoms with Gasteiger partial charge in [0.1, 0.15) is 0 Å². The summed E-state index contributed by atoms with van der Waals surface area (Å²) >= 11 is 0. The summed E-state index contributed by atoms with van der Waals surface area (Å²) in [6.07, 6.45) is 1.91. The summed E-state index contributed by atoms with van der Waals surface area (Å²) in [7, 11) is 1.33. The summed E-state index contributed by atoms with van der Waals surface area (Å²) in [6.45, 7) is 0. The van der Waals surface area contributed by atoms with Crippen molar-refractivity contribution in [1.82, 2.24) is 5.32 Å². The van der Waals surface area contributed by atoms with Crippen molar-refractivity contribution in [1.29, 1.82) is 0 Å². The monoisotopic (exact) mass is 295 g/mol. The molecule has 1 aliphatic rings. The lowest BCUT2D eigenvalue weighted by Crippen LogP contribution is -2.27. The van der Waals surface area contributed by atoms with Crippen molar-refractivity contribution in [2.45, 2.75) is 18.9 Å². The summed E-state index contributed by atoms with van der Waals surface area (Å²) in [5.41, 5.74) is 3.47. The van der Waals surface area contributed by atoms with Crippen molar-refractivity contribution in [3.8, 4) is 0 Å². The van der Waals surface area contributed by atoms with Crippen molar-refractivity contribution >= 4 is 11.9 Å². The van der Waals surface area contributed by atoms with E-state index in [2.05, 4.69) is 22.2 Å². The van der Waals surface area contributed by atoms with Crippen LogP contribution < -0.4 is 5.32 Å². The smallest absolute Gasteiger partial charge is 0.337 e. The third-order valence-electron chi connectivity index (χ3n) is 4.01. The van der Waals surface area contributed by atoms with Gasteiger partial charge in [0.2, 0.25) is 0 Å². The van der Waals surface area contributed by atoms with E-state index in [9.17, 15) is 9.59 Å². The first-order valence-corrected chi connectivity index (χ1v) is 7.26. The predicted molar refractivity (Wildman–Crippen MR) is 82.8 cm³/mol. The minimum Gasteiger partial charge on any atom is -0.465 e. The van der Waals surface area contributed by atoms with E-state index < -0.39 is 5.97 Å². The van der Waals surface area contributed by atoms with Gasteiger partial charge in [-0.3, -0.25) is 4.79 Å². The Morgan fingerprint density at radius 3 is 2.45 bits per heavy atom. The third-order valence-corrected chi connectivity index (χ3v) is 4.01. The Kier molecular flexibility index (Phi) is 3.92. The third kappa shape index (κ3) is 2.72. The van der Waals surface area contributed by atoms with Gasteiger partial charge in [0.25, 0.3) is 5.91 Å². The van der Waals surface area contributed by atoms with Gasteiger partial charge < -0.3 is 10.1 Å². The van der Waals surface area contributed by atoms with Crippen LogP contribution in [0.1, 0.15) is 44.3 Å². The molecule has 112 valence electrons. The van der Waals surface area contributed by atoms with E-state index >= 15 is 0 Å². The van der Waals surface area contributed by atoms with E-state index in [1.165, 1.54) is 18.2 Å². The highest BCUT2D eigenvalue weighted by molar-refractivity contribution is 5.96. The van der Waals surface area contributed by atoms with E-state index in [1.54, 1.807) is 24.3 Å². The zero-order valence-electron chi connectivity index (χ0n) is 12.3. The minimum atomic E-state index is -0.406. The largest absolute Gasteiger partial charge is 0.465 e. The van der Waals surface area contributed by atoms with Crippen LogP contribution in [0.4, 0.5) is 0 Å². The first kappa shape index (κ1) is 14.3. The highest BCUT2D eigenvalue weighted by Gasteiger charge is 2.23. The van der Waals surface area contributed by atoms with E-state index in [-0.39, 0.29) is 11.9 Å². The van der Waals surface area contributed by atoms with Crippen LogP contribution in [0.5, 0.6) is 0 Å². The van der Waals surface area contributed by atoms with Gasteiger partial charge in [-0.05, 0) is 48.2 Å². The minimum absolute atomic E-state index is 0.0592. The number of rotatable bonds is 3. The second-order valence-corrected chi connectivity index (χ2v) is 5.33. The highest BCUT2D eigenvalue weighted by Crippen LogP contribution is 2.30. The normalized spacial score (nSPS) is 16.0. The van der Waals surface area contributed by atoms with E-state index in [1.807, 2.05) is 12.1 Å². The summed E-state index contributed by atoms with van der Waals surface area (Å²) < 4.78 is 4.64. The molecule has 3 rings (SSSR count). The Morgan fingerprint density at radius 2 is 1.73 bits per heavy atom. The molecule has 0 aromatic heterocycles. The zero-order chi connectivity index (χ0) is 15.5. The van der Waals surface area contributed by atoms with Crippen LogP contribution in [-0.4, -0.2) is 19.0 Å². The van der Waals surface area contributed by atoms with Crippen molar-refractivity contribution in [2.75, 3.05) is 7.11 Å². The Morgan fingerprint density at radius 1 is 1.05 bits per heavy atom. The Bertz CT molecular complexity index is 707. The lowest BCUT2D eigenvalue weighted by molar-refractivity contribution is 0.0600. The molecule has 0 aliphatic heterocycles. The lowest BCUT2D eigenvalue weighted by atomic mass is 10.1. The average molecular weight is 295 g/mol.